The van der Waals surface area contributed by atoms with E-state index in [4.69, 9.17) is 29.3 Å². The third-order valence-corrected chi connectivity index (χ3v) is 5.96. The lowest BCUT2D eigenvalue weighted by molar-refractivity contribution is -0.193. The minimum Gasteiger partial charge on any atom is -0.497 e. The second-order valence-electron chi connectivity index (χ2n) is 8.88. The predicted octanol–water partition coefficient (Wildman–Crippen LogP) is 3.76. The van der Waals surface area contributed by atoms with E-state index >= 15 is 0 Å². The summed E-state index contributed by atoms with van der Waals surface area (Å²) in [6.07, 6.45) is -5.77. The fraction of sp³-hybridized carbons (Fsp3) is 0.500. The lowest BCUT2D eigenvalue weighted by Crippen LogP contribution is -2.57. The minimum atomic E-state index is -5.08. The van der Waals surface area contributed by atoms with Crippen LogP contribution in [0.25, 0.3) is 0 Å². The molecule has 2 aromatic rings. The van der Waals surface area contributed by atoms with Crippen LogP contribution in [0, 0.1) is 5.82 Å². The monoisotopic (exact) mass is 600 g/mol. The molecule has 4 rings (SSSR count). The Bertz CT molecular complexity index is 1100. The van der Waals surface area contributed by atoms with Gasteiger partial charge < -0.3 is 24.6 Å². The summed E-state index contributed by atoms with van der Waals surface area (Å²) in [6.45, 7) is 5.07. The Morgan fingerprint density at radius 2 is 1.44 bits per heavy atom. The number of rotatable bonds is 4. The van der Waals surface area contributed by atoms with Crippen LogP contribution < -0.4 is 9.64 Å². The summed E-state index contributed by atoms with van der Waals surface area (Å²) < 4.78 is 88.0. The van der Waals surface area contributed by atoms with E-state index < -0.39 is 30.1 Å². The molecule has 0 saturated carbocycles. The molecule has 0 aliphatic carbocycles. The second kappa shape index (κ2) is 14.2. The Morgan fingerprint density at radius 3 is 1.88 bits per heavy atom. The van der Waals surface area contributed by atoms with E-state index in [9.17, 15) is 30.7 Å². The number of aromatic nitrogens is 2. The number of hydrogen-bond acceptors (Lipinski definition) is 8. The molecule has 2 aliphatic heterocycles. The molecule has 0 amide bonds. The summed E-state index contributed by atoms with van der Waals surface area (Å²) in [4.78, 5) is 30.6. The number of hydrogen-bond donors (Lipinski definition) is 2. The Hall–Kier alpha value is -3.73. The SMILES string of the molecule is COc1ccc(CN2CCC3(CC2)CN(c2ncc(F)cn2)CCO3)cc1.O=C(O)C(F)(F)F.O=C(O)C(F)(F)F. The molecule has 0 radical (unpaired) electrons. The van der Waals surface area contributed by atoms with Gasteiger partial charge in [0.2, 0.25) is 5.95 Å². The molecular weight excluding hydrogens is 573 g/mol. The number of alkyl halides is 6. The summed E-state index contributed by atoms with van der Waals surface area (Å²) in [5.74, 6) is -4.46. The average molecular weight is 600 g/mol. The lowest BCUT2D eigenvalue weighted by Gasteiger charge is -2.47. The van der Waals surface area contributed by atoms with Gasteiger partial charge in [-0.2, -0.15) is 26.3 Å². The molecule has 1 aromatic heterocycles. The molecule has 41 heavy (non-hydrogen) atoms. The van der Waals surface area contributed by atoms with Crippen LogP contribution in [0.5, 0.6) is 5.75 Å². The predicted molar refractivity (Wildman–Crippen MR) is 128 cm³/mol. The molecule has 0 atom stereocenters. The van der Waals surface area contributed by atoms with Gasteiger partial charge in [0.15, 0.2) is 5.82 Å². The fourth-order valence-corrected chi connectivity index (χ4v) is 3.89. The average Bonchev–Trinajstić information content (AvgIpc) is 2.91. The van der Waals surface area contributed by atoms with Crippen molar-refractivity contribution in [3.63, 3.8) is 0 Å². The largest absolute Gasteiger partial charge is 0.497 e. The summed E-state index contributed by atoms with van der Waals surface area (Å²) in [5.41, 5.74) is 1.13. The summed E-state index contributed by atoms with van der Waals surface area (Å²) in [6, 6.07) is 8.25. The van der Waals surface area contributed by atoms with Crippen molar-refractivity contribution in [2.24, 2.45) is 0 Å². The number of morpholine rings is 1. The van der Waals surface area contributed by atoms with Crippen LogP contribution in [0.1, 0.15) is 18.4 Å². The van der Waals surface area contributed by atoms with Crippen molar-refractivity contribution >= 4 is 17.9 Å². The van der Waals surface area contributed by atoms with E-state index in [2.05, 4.69) is 31.9 Å². The maximum Gasteiger partial charge on any atom is 0.490 e. The van der Waals surface area contributed by atoms with Crippen molar-refractivity contribution in [1.29, 1.82) is 0 Å². The first-order valence-electron chi connectivity index (χ1n) is 11.9. The van der Waals surface area contributed by atoms with Gasteiger partial charge in [0, 0.05) is 26.2 Å². The van der Waals surface area contributed by atoms with E-state index in [1.54, 1.807) is 7.11 Å². The molecule has 17 heteroatoms. The first-order chi connectivity index (χ1) is 19.0. The summed E-state index contributed by atoms with van der Waals surface area (Å²) in [7, 11) is 1.68. The van der Waals surface area contributed by atoms with E-state index in [-0.39, 0.29) is 5.60 Å². The van der Waals surface area contributed by atoms with Crippen LogP contribution >= 0.6 is 0 Å². The summed E-state index contributed by atoms with van der Waals surface area (Å²) >= 11 is 0. The first kappa shape index (κ1) is 33.5. The standard InChI is InChI=1S/C20H25FN4O2.2C2HF3O2/c1-26-18-4-2-16(3-5-18)14-24-8-6-20(7-9-24)15-25(10-11-27-20)19-22-12-17(21)13-23-19;2*3-2(4,5)1(6)7/h2-5,12-13H,6-11,14-15H2,1H3;2*(H,6,7). The molecule has 0 bridgehead atoms. The highest BCUT2D eigenvalue weighted by Gasteiger charge is 2.41. The smallest absolute Gasteiger partial charge is 0.490 e. The first-order valence-corrected chi connectivity index (χ1v) is 11.9. The fourth-order valence-electron chi connectivity index (χ4n) is 3.89. The normalized spacial score (nSPS) is 17.0. The third kappa shape index (κ3) is 11.0. The highest BCUT2D eigenvalue weighted by molar-refractivity contribution is 5.73. The van der Waals surface area contributed by atoms with Crippen molar-refractivity contribution in [3.8, 4) is 5.75 Å². The molecule has 3 heterocycles. The van der Waals surface area contributed by atoms with E-state index in [1.807, 2.05) is 12.1 Å². The van der Waals surface area contributed by atoms with Gasteiger partial charge in [-0.25, -0.2) is 23.9 Å². The van der Waals surface area contributed by atoms with Gasteiger partial charge in [-0.05, 0) is 30.5 Å². The number of anilines is 1. The Balaban J connectivity index is 0.000000349. The van der Waals surface area contributed by atoms with E-state index in [0.29, 0.717) is 12.6 Å². The van der Waals surface area contributed by atoms with Crippen LogP contribution in [-0.4, -0.2) is 94.9 Å². The second-order valence-corrected chi connectivity index (χ2v) is 8.88. The number of methoxy groups -OCH3 is 1. The number of carboxylic acid groups (broad SMARTS) is 2. The summed E-state index contributed by atoms with van der Waals surface area (Å²) in [5, 5.41) is 14.2. The Labute approximate surface area is 229 Å². The van der Waals surface area contributed by atoms with Crippen LogP contribution in [0.4, 0.5) is 36.7 Å². The number of carboxylic acids is 2. The number of carbonyl (C=O) groups is 2. The Morgan fingerprint density at radius 1 is 0.951 bits per heavy atom. The van der Waals surface area contributed by atoms with E-state index in [1.165, 1.54) is 18.0 Å². The third-order valence-electron chi connectivity index (χ3n) is 5.96. The zero-order valence-electron chi connectivity index (χ0n) is 21.6. The van der Waals surface area contributed by atoms with Crippen molar-refractivity contribution in [1.82, 2.24) is 14.9 Å². The van der Waals surface area contributed by atoms with Crippen LogP contribution in [-0.2, 0) is 20.9 Å². The van der Waals surface area contributed by atoms with Crippen molar-refractivity contribution in [3.05, 3.63) is 48.0 Å². The number of benzene rings is 1. The molecule has 1 aromatic carbocycles. The molecule has 228 valence electrons. The van der Waals surface area contributed by atoms with Crippen LogP contribution in [0.3, 0.4) is 0 Å². The number of nitrogens with zero attached hydrogens (tertiary/aromatic N) is 4. The lowest BCUT2D eigenvalue weighted by atomic mass is 9.89. The topological polar surface area (TPSA) is 125 Å². The van der Waals surface area contributed by atoms with Gasteiger partial charge in [-0.15, -0.1) is 0 Å². The molecule has 2 N–H and O–H groups in total. The van der Waals surface area contributed by atoms with Gasteiger partial charge in [0.1, 0.15) is 5.75 Å². The van der Waals surface area contributed by atoms with Gasteiger partial charge in [0.25, 0.3) is 0 Å². The number of likely N-dealkylation sites (tertiary alicyclic amines) is 1. The van der Waals surface area contributed by atoms with Gasteiger partial charge in [-0.1, -0.05) is 12.1 Å². The quantitative estimate of drug-likeness (QED) is 0.502. The zero-order chi connectivity index (χ0) is 30.8. The maximum absolute atomic E-state index is 13.1. The van der Waals surface area contributed by atoms with Crippen molar-refractivity contribution in [2.75, 3.05) is 44.8 Å². The maximum atomic E-state index is 13.1. The van der Waals surface area contributed by atoms with Gasteiger partial charge >= 0.3 is 24.3 Å². The highest BCUT2D eigenvalue weighted by Crippen LogP contribution is 2.32. The molecular formula is C24H27F7N4O6. The van der Waals surface area contributed by atoms with Gasteiger partial charge in [-0.3, -0.25) is 4.90 Å². The molecule has 10 nitrogen and oxygen atoms in total. The molecule has 2 fully saturated rings. The Kier molecular flexibility index (Phi) is 11.6. The minimum absolute atomic E-state index is 0.160. The van der Waals surface area contributed by atoms with Gasteiger partial charge in [0.05, 0.1) is 38.3 Å². The molecule has 1 spiro atoms. The van der Waals surface area contributed by atoms with Crippen LogP contribution in [0.15, 0.2) is 36.7 Å². The van der Waals surface area contributed by atoms with Crippen molar-refractivity contribution < 1.29 is 60.0 Å². The highest BCUT2D eigenvalue weighted by atomic mass is 19.4. The molecule has 2 saturated heterocycles. The van der Waals surface area contributed by atoms with Crippen LogP contribution in [0.2, 0.25) is 0 Å². The molecule has 0 unspecified atom stereocenters. The molecule has 2 aliphatic rings. The zero-order valence-corrected chi connectivity index (χ0v) is 21.6. The number of halogens is 7. The van der Waals surface area contributed by atoms with Crippen molar-refractivity contribution in [2.45, 2.75) is 37.3 Å². The number of ether oxygens (including phenoxy) is 2. The number of aliphatic carboxylic acids is 2. The number of piperidine rings is 1. The van der Waals surface area contributed by atoms with E-state index in [0.717, 1.165) is 51.3 Å².